The second-order valence-corrected chi connectivity index (χ2v) is 8.86. The molecule has 186 valence electrons. The first kappa shape index (κ1) is 25.5. The summed E-state index contributed by atoms with van der Waals surface area (Å²) in [6.45, 7) is 3.25. The van der Waals surface area contributed by atoms with Crippen molar-refractivity contribution in [3.63, 3.8) is 0 Å². The number of anilines is 1. The predicted molar refractivity (Wildman–Crippen MR) is 143 cm³/mol. The maximum Gasteiger partial charge on any atom is 0.266 e. The highest BCUT2D eigenvalue weighted by molar-refractivity contribution is 5.95. The van der Waals surface area contributed by atoms with Crippen LogP contribution in [0.25, 0.3) is 11.3 Å². The van der Waals surface area contributed by atoms with Crippen molar-refractivity contribution in [1.29, 1.82) is 5.26 Å². The fraction of sp³-hybridized carbons (Fsp3) is 0.207. The summed E-state index contributed by atoms with van der Waals surface area (Å²) in [6.07, 6.45) is 1.62. The van der Waals surface area contributed by atoms with Gasteiger partial charge < -0.3 is 10.6 Å². The van der Waals surface area contributed by atoms with Crippen LogP contribution in [0.3, 0.4) is 0 Å². The van der Waals surface area contributed by atoms with E-state index in [4.69, 9.17) is 5.26 Å². The third-order valence-corrected chi connectivity index (χ3v) is 6.20. The number of nitriles is 1. The number of carbonyl (C=O) groups excluding carboxylic acids is 1. The maximum absolute atomic E-state index is 13.3. The van der Waals surface area contributed by atoms with Crippen LogP contribution >= 0.6 is 0 Å². The van der Waals surface area contributed by atoms with Gasteiger partial charge in [-0.15, -0.1) is 0 Å². The highest BCUT2D eigenvalue weighted by atomic mass is 16.2. The number of hydrogen-bond donors (Lipinski definition) is 2. The molecule has 0 saturated heterocycles. The van der Waals surface area contributed by atoms with E-state index in [2.05, 4.69) is 33.7 Å². The fourth-order valence-corrected chi connectivity index (χ4v) is 3.98. The number of aryl methyl sites for hydroxylation is 1. The number of nitrogens with one attached hydrogen (secondary N) is 2. The van der Waals surface area contributed by atoms with E-state index in [1.54, 1.807) is 25.4 Å². The minimum atomic E-state index is -0.416. The third-order valence-electron chi connectivity index (χ3n) is 6.20. The number of nitrogens with zero attached hydrogens (tertiary/aromatic N) is 4. The number of hydrogen-bond acceptors (Lipinski definition) is 6. The van der Waals surface area contributed by atoms with Crippen LogP contribution in [0.15, 0.2) is 89.9 Å². The topological polar surface area (TPSA) is 113 Å². The molecule has 0 spiro atoms. The van der Waals surface area contributed by atoms with Gasteiger partial charge in [-0.25, -0.2) is 9.67 Å². The van der Waals surface area contributed by atoms with Crippen molar-refractivity contribution >= 4 is 11.7 Å². The summed E-state index contributed by atoms with van der Waals surface area (Å²) in [5.74, 6) is 0.0735. The second-order valence-electron chi connectivity index (χ2n) is 8.86. The van der Waals surface area contributed by atoms with Crippen molar-refractivity contribution in [3.05, 3.63) is 112 Å². The van der Waals surface area contributed by atoms with Gasteiger partial charge in [0.05, 0.1) is 23.2 Å². The van der Waals surface area contributed by atoms with Gasteiger partial charge in [0.15, 0.2) is 0 Å². The molecular formula is C29H28N6O2. The Hall–Kier alpha value is -4.61. The van der Waals surface area contributed by atoms with Gasteiger partial charge in [-0.1, -0.05) is 49.4 Å². The molecule has 37 heavy (non-hydrogen) atoms. The lowest BCUT2D eigenvalue weighted by molar-refractivity contribution is -0.117. The van der Waals surface area contributed by atoms with E-state index < -0.39 is 5.92 Å². The number of rotatable bonds is 9. The Kier molecular flexibility index (Phi) is 8.18. The van der Waals surface area contributed by atoms with Crippen LogP contribution < -0.4 is 16.2 Å². The number of amides is 1. The summed E-state index contributed by atoms with van der Waals surface area (Å²) in [4.78, 5) is 29.3. The second kappa shape index (κ2) is 11.9. The zero-order valence-electron chi connectivity index (χ0n) is 20.8. The molecule has 8 nitrogen and oxygen atoms in total. The molecule has 0 saturated carbocycles. The van der Waals surface area contributed by atoms with E-state index in [9.17, 15) is 9.59 Å². The van der Waals surface area contributed by atoms with Gasteiger partial charge in [-0.2, -0.15) is 10.4 Å². The lowest BCUT2D eigenvalue weighted by Gasteiger charge is -2.20. The Bertz CT molecular complexity index is 1440. The van der Waals surface area contributed by atoms with Gasteiger partial charge in [0.2, 0.25) is 5.91 Å². The molecule has 2 N–H and O–H groups in total. The molecule has 0 radical (unpaired) electrons. The van der Waals surface area contributed by atoms with Crippen molar-refractivity contribution in [3.8, 4) is 17.3 Å². The minimum absolute atomic E-state index is 0.162. The predicted octanol–water partition coefficient (Wildman–Crippen LogP) is 3.83. The summed E-state index contributed by atoms with van der Waals surface area (Å²) >= 11 is 0. The van der Waals surface area contributed by atoms with Crippen LogP contribution in [0.5, 0.6) is 0 Å². The van der Waals surface area contributed by atoms with E-state index in [0.29, 0.717) is 30.2 Å². The first-order chi connectivity index (χ1) is 17.9. The number of aromatic nitrogens is 3. The molecule has 2 aromatic heterocycles. The van der Waals surface area contributed by atoms with Crippen molar-refractivity contribution in [1.82, 2.24) is 20.1 Å². The average molecular weight is 493 g/mol. The molecule has 1 unspecified atom stereocenters. The standard InChI is InChI=1S/C29H28N6O2/c1-20(22-10-8-21(16-30)9-11-22)17-31-19-25(23-6-4-3-5-7-23)29(37)33-27-14-12-24(18-32-27)26-13-15-28(36)35(2)34-26/h3-15,18,20,25,31H,17,19H2,1-2H3,(H,32,33,37)/t20-,25?/m1/s1. The van der Waals surface area contributed by atoms with Crippen LogP contribution in [-0.2, 0) is 11.8 Å². The summed E-state index contributed by atoms with van der Waals surface area (Å²) in [5.41, 5.74) is 3.85. The van der Waals surface area contributed by atoms with E-state index in [1.807, 2.05) is 60.7 Å². The van der Waals surface area contributed by atoms with Crippen LogP contribution in [-0.4, -0.2) is 33.8 Å². The fourth-order valence-electron chi connectivity index (χ4n) is 3.98. The zero-order valence-corrected chi connectivity index (χ0v) is 20.8. The van der Waals surface area contributed by atoms with Crippen molar-refractivity contribution < 1.29 is 4.79 Å². The summed E-state index contributed by atoms with van der Waals surface area (Å²) in [6, 6.07) is 26.0. The summed E-state index contributed by atoms with van der Waals surface area (Å²) in [5, 5.41) is 19.6. The molecule has 0 aliphatic rings. The van der Waals surface area contributed by atoms with Crippen LogP contribution in [0.4, 0.5) is 5.82 Å². The zero-order chi connectivity index (χ0) is 26.2. The highest BCUT2D eigenvalue weighted by Crippen LogP contribution is 2.20. The van der Waals surface area contributed by atoms with Crippen molar-refractivity contribution in [2.75, 3.05) is 18.4 Å². The minimum Gasteiger partial charge on any atom is -0.315 e. The SMILES string of the molecule is C[C@H](CNCC(C(=O)Nc1ccc(-c2ccc(=O)n(C)n2)cn1)c1ccccc1)c1ccc(C#N)cc1. The molecule has 2 aromatic carbocycles. The molecular weight excluding hydrogens is 464 g/mol. The number of pyridine rings is 1. The molecule has 1 amide bonds. The lowest BCUT2D eigenvalue weighted by atomic mass is 9.96. The largest absolute Gasteiger partial charge is 0.315 e. The molecule has 2 atom stereocenters. The van der Waals surface area contributed by atoms with Crippen LogP contribution in [0.2, 0.25) is 0 Å². The van der Waals surface area contributed by atoms with Crippen molar-refractivity contribution in [2.45, 2.75) is 18.8 Å². The lowest BCUT2D eigenvalue weighted by Crippen LogP contribution is -2.32. The third kappa shape index (κ3) is 6.54. The maximum atomic E-state index is 13.3. The van der Waals surface area contributed by atoms with E-state index in [-0.39, 0.29) is 17.4 Å². The van der Waals surface area contributed by atoms with Crippen molar-refractivity contribution in [2.24, 2.45) is 7.05 Å². The Morgan fingerprint density at radius 1 is 0.973 bits per heavy atom. The van der Waals surface area contributed by atoms with Gasteiger partial charge in [0.25, 0.3) is 5.56 Å². The number of carbonyl (C=O) groups is 1. The first-order valence-corrected chi connectivity index (χ1v) is 12.0. The van der Waals surface area contributed by atoms with E-state index in [1.165, 1.54) is 10.7 Å². The summed E-state index contributed by atoms with van der Waals surface area (Å²) in [7, 11) is 1.59. The molecule has 0 bridgehead atoms. The first-order valence-electron chi connectivity index (χ1n) is 12.0. The average Bonchev–Trinajstić information content (AvgIpc) is 2.93. The quantitative estimate of drug-likeness (QED) is 0.367. The Labute approximate surface area is 215 Å². The van der Waals surface area contributed by atoms with Gasteiger partial charge in [0, 0.05) is 38.0 Å². The molecule has 2 heterocycles. The van der Waals surface area contributed by atoms with E-state index >= 15 is 0 Å². The molecule has 8 heteroatoms. The Morgan fingerprint density at radius 2 is 1.73 bits per heavy atom. The smallest absolute Gasteiger partial charge is 0.266 e. The number of benzene rings is 2. The highest BCUT2D eigenvalue weighted by Gasteiger charge is 2.21. The van der Waals surface area contributed by atoms with Gasteiger partial charge in [-0.3, -0.25) is 9.59 Å². The van der Waals surface area contributed by atoms with Gasteiger partial charge >= 0.3 is 0 Å². The Morgan fingerprint density at radius 3 is 2.38 bits per heavy atom. The van der Waals surface area contributed by atoms with Crippen LogP contribution in [0.1, 0.15) is 35.4 Å². The molecule has 0 aliphatic carbocycles. The molecule has 4 rings (SSSR count). The monoisotopic (exact) mass is 492 g/mol. The van der Waals surface area contributed by atoms with Gasteiger partial charge in [-0.05, 0) is 47.4 Å². The molecule has 0 aliphatic heterocycles. The normalized spacial score (nSPS) is 12.4. The van der Waals surface area contributed by atoms with Gasteiger partial charge in [0.1, 0.15) is 5.82 Å². The van der Waals surface area contributed by atoms with Crippen LogP contribution in [0, 0.1) is 11.3 Å². The van der Waals surface area contributed by atoms with E-state index in [0.717, 1.165) is 16.7 Å². The molecule has 0 fully saturated rings. The molecule has 4 aromatic rings. The Balaban J connectivity index is 1.42. The summed E-state index contributed by atoms with van der Waals surface area (Å²) < 4.78 is 1.27.